The number of methoxy groups -OCH3 is 1. The summed E-state index contributed by atoms with van der Waals surface area (Å²) in [5.41, 5.74) is 0.0227. The molecule has 4 nitrogen and oxygen atoms in total. The van der Waals surface area contributed by atoms with E-state index in [1.165, 1.54) is 0 Å². The van der Waals surface area contributed by atoms with Gasteiger partial charge in [0, 0.05) is 6.20 Å². The normalized spacial score (nSPS) is 13.0. The minimum Gasteiger partial charge on any atom is -0.465 e. The lowest BCUT2D eigenvalue weighted by Crippen LogP contribution is -2.31. The van der Waals surface area contributed by atoms with Gasteiger partial charge in [0.1, 0.15) is 5.02 Å². The summed E-state index contributed by atoms with van der Waals surface area (Å²) in [5.74, 6) is -1.09. The van der Waals surface area contributed by atoms with Crippen LogP contribution in [0.1, 0.15) is 17.3 Å². The number of carbonyl (C=O) groups is 1. The van der Waals surface area contributed by atoms with E-state index in [0.717, 1.165) is 26.3 Å². The van der Waals surface area contributed by atoms with Gasteiger partial charge in [0.05, 0.1) is 12.7 Å². The summed E-state index contributed by atoms with van der Waals surface area (Å²) in [6.07, 6.45) is -5.55. The van der Waals surface area contributed by atoms with E-state index in [2.05, 4.69) is 14.5 Å². The van der Waals surface area contributed by atoms with Gasteiger partial charge in [0.25, 0.3) is 0 Å². The van der Waals surface area contributed by atoms with E-state index in [1.54, 1.807) is 0 Å². The Kier molecular flexibility index (Phi) is 4.39. The van der Waals surface area contributed by atoms with E-state index >= 15 is 0 Å². The third-order valence-corrected chi connectivity index (χ3v) is 2.25. The molecule has 0 saturated carbocycles. The Morgan fingerprint density at radius 2 is 2.11 bits per heavy atom. The lowest BCUT2D eigenvalue weighted by molar-refractivity contribution is -0.189. The van der Waals surface area contributed by atoms with Crippen molar-refractivity contribution in [3.05, 3.63) is 22.8 Å². The van der Waals surface area contributed by atoms with Gasteiger partial charge in [-0.15, -0.1) is 0 Å². The molecule has 1 aromatic rings. The van der Waals surface area contributed by atoms with E-state index < -0.39 is 24.1 Å². The largest absolute Gasteiger partial charge is 0.465 e. The van der Waals surface area contributed by atoms with E-state index in [4.69, 9.17) is 11.6 Å². The van der Waals surface area contributed by atoms with Crippen LogP contribution < -0.4 is 4.74 Å². The van der Waals surface area contributed by atoms with Gasteiger partial charge in [0.15, 0.2) is 6.10 Å². The van der Waals surface area contributed by atoms with Crippen LogP contribution in [0.15, 0.2) is 12.3 Å². The SMILES string of the molecule is COC(=O)c1cnc(O[C@@H](C)C(F)(F)F)c(Cl)c1. The number of esters is 1. The number of rotatable bonds is 3. The van der Waals surface area contributed by atoms with E-state index in [9.17, 15) is 18.0 Å². The molecular weight excluding hydrogens is 275 g/mol. The second kappa shape index (κ2) is 5.43. The number of halogens is 4. The average molecular weight is 284 g/mol. The fraction of sp³-hybridized carbons (Fsp3) is 0.400. The summed E-state index contributed by atoms with van der Waals surface area (Å²) >= 11 is 5.66. The maximum Gasteiger partial charge on any atom is 0.425 e. The van der Waals surface area contributed by atoms with Crippen LogP contribution in [0.4, 0.5) is 13.2 Å². The number of carbonyl (C=O) groups excluding carboxylic acids is 1. The molecule has 0 aliphatic heterocycles. The molecule has 8 heteroatoms. The standard InChI is InChI=1S/C10H9ClF3NO3/c1-5(10(12,13)14)18-8-7(11)3-6(4-15-8)9(16)17-2/h3-5H,1-2H3/t5-/m0/s1. The van der Waals surface area contributed by atoms with Crippen molar-refractivity contribution in [3.63, 3.8) is 0 Å². The van der Waals surface area contributed by atoms with Gasteiger partial charge in [-0.05, 0) is 13.0 Å². The van der Waals surface area contributed by atoms with Crippen molar-refractivity contribution in [1.82, 2.24) is 4.98 Å². The summed E-state index contributed by atoms with van der Waals surface area (Å²) < 4.78 is 45.7. The molecule has 0 spiro atoms. The van der Waals surface area contributed by atoms with Gasteiger partial charge in [-0.3, -0.25) is 0 Å². The maximum atomic E-state index is 12.3. The molecule has 0 bridgehead atoms. The van der Waals surface area contributed by atoms with Crippen LogP contribution in [0.2, 0.25) is 5.02 Å². The zero-order chi connectivity index (χ0) is 13.9. The smallest absolute Gasteiger partial charge is 0.425 e. The molecule has 0 radical (unpaired) electrons. The Hall–Kier alpha value is -1.50. The van der Waals surface area contributed by atoms with Crippen LogP contribution in [0.25, 0.3) is 0 Å². The van der Waals surface area contributed by atoms with Crippen molar-refractivity contribution in [2.75, 3.05) is 7.11 Å². The topological polar surface area (TPSA) is 48.4 Å². The first-order chi connectivity index (χ1) is 8.25. The maximum absolute atomic E-state index is 12.3. The summed E-state index contributed by atoms with van der Waals surface area (Å²) in [6.45, 7) is 0.826. The van der Waals surface area contributed by atoms with E-state index in [1.807, 2.05) is 0 Å². The molecule has 0 aliphatic carbocycles. The fourth-order valence-corrected chi connectivity index (χ4v) is 1.19. The molecule has 0 saturated heterocycles. The lowest BCUT2D eigenvalue weighted by Gasteiger charge is -2.17. The number of nitrogens with zero attached hydrogens (tertiary/aromatic N) is 1. The zero-order valence-electron chi connectivity index (χ0n) is 9.42. The average Bonchev–Trinajstić information content (AvgIpc) is 2.29. The summed E-state index contributed by atoms with van der Waals surface area (Å²) in [5, 5.41) is -0.200. The van der Waals surface area contributed by atoms with E-state index in [0.29, 0.717) is 0 Å². The molecule has 0 aromatic carbocycles. The molecule has 0 fully saturated rings. The number of aromatic nitrogens is 1. The summed E-state index contributed by atoms with van der Waals surface area (Å²) in [7, 11) is 1.16. The fourth-order valence-electron chi connectivity index (χ4n) is 0.976. The molecule has 18 heavy (non-hydrogen) atoms. The van der Waals surface area contributed by atoms with Gasteiger partial charge < -0.3 is 9.47 Å². The molecule has 0 unspecified atom stereocenters. The first-order valence-electron chi connectivity index (χ1n) is 4.73. The van der Waals surface area contributed by atoms with Crippen LogP contribution in [0.5, 0.6) is 5.88 Å². The monoisotopic (exact) mass is 283 g/mol. The predicted molar refractivity (Wildman–Crippen MR) is 56.7 cm³/mol. The number of pyridine rings is 1. The highest BCUT2D eigenvalue weighted by atomic mass is 35.5. The minimum atomic E-state index is -4.52. The van der Waals surface area contributed by atoms with Crippen molar-refractivity contribution in [3.8, 4) is 5.88 Å². The summed E-state index contributed by atoms with van der Waals surface area (Å²) in [4.78, 5) is 14.7. The lowest BCUT2D eigenvalue weighted by atomic mass is 10.3. The zero-order valence-corrected chi connectivity index (χ0v) is 10.2. The van der Waals surface area contributed by atoms with Gasteiger partial charge in [-0.2, -0.15) is 13.2 Å². The highest BCUT2D eigenvalue weighted by Crippen LogP contribution is 2.28. The summed E-state index contributed by atoms with van der Waals surface area (Å²) in [6, 6.07) is 1.12. The van der Waals surface area contributed by atoms with Crippen molar-refractivity contribution in [1.29, 1.82) is 0 Å². The van der Waals surface area contributed by atoms with Crippen LogP contribution >= 0.6 is 11.6 Å². The van der Waals surface area contributed by atoms with Crippen molar-refractivity contribution < 1.29 is 27.4 Å². The number of hydrogen-bond donors (Lipinski definition) is 0. The molecule has 0 aliphatic rings. The molecule has 1 atom stereocenters. The van der Waals surface area contributed by atoms with Gasteiger partial charge in [-0.1, -0.05) is 11.6 Å². The third kappa shape index (κ3) is 3.49. The van der Waals surface area contributed by atoms with Gasteiger partial charge in [0.2, 0.25) is 5.88 Å². The Morgan fingerprint density at radius 3 is 2.56 bits per heavy atom. The Morgan fingerprint density at radius 1 is 1.50 bits per heavy atom. The number of ether oxygens (including phenoxy) is 2. The van der Waals surface area contributed by atoms with Crippen LogP contribution in [0, 0.1) is 0 Å². The van der Waals surface area contributed by atoms with Crippen molar-refractivity contribution >= 4 is 17.6 Å². The molecule has 1 rings (SSSR count). The third-order valence-electron chi connectivity index (χ3n) is 1.98. The van der Waals surface area contributed by atoms with E-state index in [-0.39, 0.29) is 10.6 Å². The number of alkyl halides is 3. The molecule has 1 heterocycles. The number of hydrogen-bond acceptors (Lipinski definition) is 4. The molecular formula is C10H9ClF3NO3. The quantitative estimate of drug-likeness (QED) is 0.800. The molecule has 100 valence electrons. The molecule has 1 aromatic heterocycles. The predicted octanol–water partition coefficient (Wildman–Crippen LogP) is 2.85. The second-order valence-electron chi connectivity index (χ2n) is 3.30. The van der Waals surface area contributed by atoms with Crippen LogP contribution in [0.3, 0.4) is 0 Å². The van der Waals surface area contributed by atoms with Crippen molar-refractivity contribution in [2.45, 2.75) is 19.2 Å². The Labute approximate surface area is 106 Å². The Bertz CT molecular complexity index is 450. The van der Waals surface area contributed by atoms with Gasteiger partial charge in [-0.25, -0.2) is 9.78 Å². The highest BCUT2D eigenvalue weighted by molar-refractivity contribution is 6.32. The highest BCUT2D eigenvalue weighted by Gasteiger charge is 2.38. The van der Waals surface area contributed by atoms with Crippen LogP contribution in [-0.4, -0.2) is 30.3 Å². The first kappa shape index (κ1) is 14.6. The van der Waals surface area contributed by atoms with Gasteiger partial charge >= 0.3 is 12.1 Å². The first-order valence-corrected chi connectivity index (χ1v) is 5.10. The second-order valence-corrected chi connectivity index (χ2v) is 3.71. The Balaban J connectivity index is 2.90. The van der Waals surface area contributed by atoms with Crippen LogP contribution in [-0.2, 0) is 4.74 Å². The molecule has 0 N–H and O–H groups in total. The minimum absolute atomic E-state index is 0.0227. The van der Waals surface area contributed by atoms with Crippen molar-refractivity contribution in [2.24, 2.45) is 0 Å². The molecule has 0 amide bonds.